The van der Waals surface area contributed by atoms with E-state index in [9.17, 15) is 9.59 Å². The normalized spacial score (nSPS) is 15.1. The Bertz CT molecular complexity index is 1470. The summed E-state index contributed by atoms with van der Waals surface area (Å²) >= 11 is 2.78. The number of nitrogens with zero attached hydrogens (tertiary/aromatic N) is 4. The molecule has 2 N–H and O–H groups in total. The number of aromatic nitrogens is 3. The van der Waals surface area contributed by atoms with Crippen LogP contribution in [0, 0.1) is 11.3 Å². The Hall–Kier alpha value is -3.49. The van der Waals surface area contributed by atoms with Crippen molar-refractivity contribution in [3.8, 4) is 6.07 Å². The maximum absolute atomic E-state index is 12.5. The summed E-state index contributed by atoms with van der Waals surface area (Å²) in [6.45, 7) is 2.77. The van der Waals surface area contributed by atoms with Gasteiger partial charge in [-0.1, -0.05) is 11.3 Å². The number of aromatic amines is 1. The van der Waals surface area contributed by atoms with Gasteiger partial charge in [-0.2, -0.15) is 5.26 Å². The minimum Gasteiger partial charge on any atom is -0.446 e. The third kappa shape index (κ3) is 4.34. The molecule has 0 aliphatic heterocycles. The quantitative estimate of drug-likeness (QED) is 0.402. The number of nitriles is 1. The predicted octanol–water partition coefficient (Wildman–Crippen LogP) is 4.57. The van der Waals surface area contributed by atoms with Gasteiger partial charge in [0, 0.05) is 30.1 Å². The van der Waals surface area contributed by atoms with E-state index < -0.39 is 0 Å². The number of thiophene rings is 1. The Morgan fingerprint density at radius 2 is 2.26 bits per heavy atom. The number of carbonyl (C=O) groups is 1. The minimum atomic E-state index is -0.364. The fourth-order valence-electron chi connectivity index (χ4n) is 4.22. The number of amides is 1. The minimum absolute atomic E-state index is 0.0779. The van der Waals surface area contributed by atoms with Crippen molar-refractivity contribution in [2.75, 3.05) is 18.4 Å². The van der Waals surface area contributed by atoms with Crippen LogP contribution in [0.15, 0.2) is 29.3 Å². The van der Waals surface area contributed by atoms with Crippen LogP contribution in [0.1, 0.15) is 30.2 Å². The third-order valence-electron chi connectivity index (χ3n) is 5.88. The smallest absolute Gasteiger partial charge is 0.410 e. The van der Waals surface area contributed by atoms with Crippen molar-refractivity contribution < 1.29 is 9.53 Å². The van der Waals surface area contributed by atoms with E-state index in [4.69, 9.17) is 10.00 Å². The van der Waals surface area contributed by atoms with E-state index in [1.165, 1.54) is 16.9 Å². The zero-order chi connectivity index (χ0) is 23.7. The number of carbonyl (C=O) groups excluding carboxylic acids is 1. The summed E-state index contributed by atoms with van der Waals surface area (Å²) in [5.74, 6) is 0.730. The number of hydrogen-bond acceptors (Lipinski definition) is 9. The molecule has 0 saturated heterocycles. The van der Waals surface area contributed by atoms with Gasteiger partial charge in [0.25, 0.3) is 0 Å². The first-order chi connectivity index (χ1) is 16.6. The van der Waals surface area contributed by atoms with Crippen molar-refractivity contribution >= 4 is 60.7 Å². The largest absolute Gasteiger partial charge is 0.446 e. The molecule has 1 aliphatic rings. The second kappa shape index (κ2) is 9.40. The predicted molar refractivity (Wildman–Crippen MR) is 133 cm³/mol. The molecule has 174 valence electrons. The summed E-state index contributed by atoms with van der Waals surface area (Å²) in [6.07, 6.45) is 3.39. The van der Waals surface area contributed by atoms with Crippen molar-refractivity contribution in [1.82, 2.24) is 19.9 Å². The summed E-state index contributed by atoms with van der Waals surface area (Å²) in [5.41, 5.74) is 2.86. The van der Waals surface area contributed by atoms with E-state index in [0.717, 1.165) is 49.7 Å². The lowest BCUT2D eigenvalue weighted by Crippen LogP contribution is -2.36. The second-order valence-electron chi connectivity index (χ2n) is 7.99. The van der Waals surface area contributed by atoms with Crippen molar-refractivity contribution in [3.05, 3.63) is 44.6 Å². The van der Waals surface area contributed by atoms with Gasteiger partial charge in [0.15, 0.2) is 0 Å². The van der Waals surface area contributed by atoms with E-state index in [1.807, 2.05) is 25.1 Å². The molecule has 0 fully saturated rings. The summed E-state index contributed by atoms with van der Waals surface area (Å²) in [7, 11) is 0. The van der Waals surface area contributed by atoms with Gasteiger partial charge >= 0.3 is 11.0 Å². The molecule has 5 rings (SSSR count). The summed E-state index contributed by atoms with van der Waals surface area (Å²) < 4.78 is 6.65. The number of aryl methyl sites for hydroxylation is 1. The lowest BCUT2D eigenvalue weighted by molar-refractivity contribution is 0.0589. The number of fused-ring (bicyclic) bond motifs is 4. The fraction of sp³-hybridized carbons (Fsp3) is 0.348. The van der Waals surface area contributed by atoms with Crippen LogP contribution in [0.2, 0.25) is 0 Å². The van der Waals surface area contributed by atoms with Crippen molar-refractivity contribution in [2.24, 2.45) is 0 Å². The van der Waals surface area contributed by atoms with Crippen molar-refractivity contribution in [2.45, 2.75) is 38.7 Å². The van der Waals surface area contributed by atoms with E-state index >= 15 is 0 Å². The molecule has 3 aromatic heterocycles. The Morgan fingerprint density at radius 3 is 3.09 bits per heavy atom. The lowest BCUT2D eigenvalue weighted by atomic mass is 9.94. The molecule has 1 unspecified atom stereocenters. The average molecular weight is 495 g/mol. The van der Waals surface area contributed by atoms with Crippen LogP contribution in [-0.4, -0.2) is 45.1 Å². The fourth-order valence-corrected chi connectivity index (χ4v) is 6.24. The molecule has 4 aromatic rings. The highest BCUT2D eigenvalue weighted by atomic mass is 32.1. The van der Waals surface area contributed by atoms with Crippen LogP contribution < -0.4 is 10.2 Å². The SMILES string of the molecule is CCN(CCC#N)C(=O)OC1CCc2c(sc3ncnc(Nc4ccc5[nH]c(=O)sc5c4)c23)C1. The van der Waals surface area contributed by atoms with E-state index in [1.54, 1.807) is 22.6 Å². The van der Waals surface area contributed by atoms with Gasteiger partial charge in [0.2, 0.25) is 0 Å². The summed E-state index contributed by atoms with van der Waals surface area (Å²) in [5, 5.41) is 13.2. The molecular weight excluding hydrogens is 472 g/mol. The number of rotatable bonds is 6. The molecule has 1 aliphatic carbocycles. The van der Waals surface area contributed by atoms with Gasteiger partial charge < -0.3 is 19.9 Å². The maximum Gasteiger partial charge on any atom is 0.410 e. The highest BCUT2D eigenvalue weighted by molar-refractivity contribution is 7.19. The zero-order valence-corrected chi connectivity index (χ0v) is 20.1. The van der Waals surface area contributed by atoms with Gasteiger partial charge in [-0.25, -0.2) is 14.8 Å². The van der Waals surface area contributed by atoms with Crippen LogP contribution in [0.25, 0.3) is 20.4 Å². The van der Waals surface area contributed by atoms with E-state index in [0.29, 0.717) is 19.5 Å². The Kier molecular flexibility index (Phi) is 6.17. The number of thiazole rings is 1. The zero-order valence-electron chi connectivity index (χ0n) is 18.5. The number of ether oxygens (including phenoxy) is 1. The van der Waals surface area contributed by atoms with Crippen LogP contribution in [0.3, 0.4) is 0 Å². The van der Waals surface area contributed by atoms with Crippen molar-refractivity contribution in [3.63, 3.8) is 0 Å². The molecule has 0 bridgehead atoms. The monoisotopic (exact) mass is 494 g/mol. The molecule has 34 heavy (non-hydrogen) atoms. The van der Waals surface area contributed by atoms with Crippen LogP contribution >= 0.6 is 22.7 Å². The molecule has 0 radical (unpaired) electrons. The Labute approximate surface area is 203 Å². The molecule has 1 aromatic carbocycles. The third-order valence-corrected chi connectivity index (χ3v) is 7.89. The molecule has 9 nitrogen and oxygen atoms in total. The second-order valence-corrected chi connectivity index (χ2v) is 10.1. The van der Waals surface area contributed by atoms with Crippen molar-refractivity contribution in [1.29, 1.82) is 5.26 Å². The van der Waals surface area contributed by atoms with Gasteiger partial charge in [-0.15, -0.1) is 11.3 Å². The molecular formula is C23H22N6O3S2. The standard InChI is InChI=1S/C23H22N6O3S2/c1-2-29(9-3-8-24)23(31)32-14-5-6-15-17(11-14)33-21-19(15)20(25-12-26-21)27-13-4-7-16-18(10-13)34-22(30)28-16/h4,7,10,12,14H,2-3,5-6,9,11H2,1H3,(H,28,30)(H,25,26,27). The average Bonchev–Trinajstić information content (AvgIpc) is 3.38. The van der Waals surface area contributed by atoms with Gasteiger partial charge in [-0.05, 0) is 43.5 Å². The maximum atomic E-state index is 12.5. The number of anilines is 2. The topological polar surface area (TPSA) is 124 Å². The number of H-pyrrole nitrogens is 1. The van der Waals surface area contributed by atoms with Crippen LogP contribution in [0.4, 0.5) is 16.3 Å². The van der Waals surface area contributed by atoms with Gasteiger partial charge in [-0.3, -0.25) is 4.79 Å². The van der Waals surface area contributed by atoms with E-state index in [2.05, 4.69) is 26.3 Å². The number of nitrogens with one attached hydrogen (secondary N) is 2. The number of benzene rings is 1. The first-order valence-corrected chi connectivity index (χ1v) is 12.7. The molecule has 1 amide bonds. The molecule has 11 heteroatoms. The highest BCUT2D eigenvalue weighted by Gasteiger charge is 2.28. The van der Waals surface area contributed by atoms with Crippen LogP contribution in [-0.2, 0) is 17.6 Å². The van der Waals surface area contributed by atoms with E-state index in [-0.39, 0.29) is 23.5 Å². The first-order valence-electron chi connectivity index (χ1n) is 11.0. The first kappa shape index (κ1) is 22.3. The van der Waals surface area contributed by atoms with Gasteiger partial charge in [0.05, 0.1) is 28.1 Å². The summed E-state index contributed by atoms with van der Waals surface area (Å²) in [4.78, 5) is 39.5. The summed E-state index contributed by atoms with van der Waals surface area (Å²) in [6, 6.07) is 7.80. The van der Waals surface area contributed by atoms with Gasteiger partial charge in [0.1, 0.15) is 23.1 Å². The number of hydrogen-bond donors (Lipinski definition) is 2. The Balaban J connectivity index is 1.37. The molecule has 1 atom stereocenters. The molecule has 0 saturated carbocycles. The lowest BCUT2D eigenvalue weighted by Gasteiger charge is -2.26. The molecule has 3 heterocycles. The Morgan fingerprint density at radius 1 is 1.38 bits per heavy atom. The highest BCUT2D eigenvalue weighted by Crippen LogP contribution is 2.39. The van der Waals surface area contributed by atoms with Crippen LogP contribution in [0.5, 0.6) is 0 Å². The molecule has 0 spiro atoms.